The van der Waals surface area contributed by atoms with E-state index < -0.39 is 0 Å². The molecule has 0 atom stereocenters. The number of ether oxygens (including phenoxy) is 1. The van der Waals surface area contributed by atoms with Crippen molar-refractivity contribution >= 4 is 11.9 Å². The molecule has 2 rings (SSSR count). The molecule has 3 N–H and O–H groups in total. The lowest BCUT2D eigenvalue weighted by Gasteiger charge is -2.37. The Labute approximate surface area is 106 Å². The molecule has 0 unspecified atom stereocenters. The van der Waals surface area contributed by atoms with Gasteiger partial charge in [0.05, 0.1) is 7.11 Å². The Bertz CT molecular complexity index is 397. The monoisotopic (exact) mass is 253 g/mol. The number of aliphatic hydroxyl groups excluding tert-OH is 1. The minimum Gasteiger partial charge on any atom is -0.467 e. The molecular formula is C11H19N5O2. The number of nitrogen functional groups attached to an aromatic ring is 1. The van der Waals surface area contributed by atoms with E-state index in [0.717, 1.165) is 12.8 Å². The lowest BCUT2D eigenvalue weighted by molar-refractivity contribution is 0.282. The van der Waals surface area contributed by atoms with E-state index in [0.29, 0.717) is 25.0 Å². The number of aliphatic hydroxyl groups is 1. The third-order valence-electron chi connectivity index (χ3n) is 3.13. The van der Waals surface area contributed by atoms with Crippen molar-refractivity contribution in [3.8, 4) is 6.01 Å². The van der Waals surface area contributed by atoms with Crippen LogP contribution in [0.5, 0.6) is 6.01 Å². The van der Waals surface area contributed by atoms with Gasteiger partial charge in [-0.25, -0.2) is 0 Å². The molecule has 1 fully saturated rings. The Morgan fingerprint density at radius 3 is 2.72 bits per heavy atom. The largest absolute Gasteiger partial charge is 0.467 e. The molecule has 0 aliphatic heterocycles. The average Bonchev–Trinajstić information content (AvgIpc) is 2.31. The Morgan fingerprint density at radius 2 is 2.17 bits per heavy atom. The van der Waals surface area contributed by atoms with Gasteiger partial charge in [-0.05, 0) is 25.7 Å². The summed E-state index contributed by atoms with van der Waals surface area (Å²) in [6, 6.07) is 0.661. The summed E-state index contributed by atoms with van der Waals surface area (Å²) in [7, 11) is 1.50. The smallest absolute Gasteiger partial charge is 0.322 e. The van der Waals surface area contributed by atoms with Crippen LogP contribution in [0.4, 0.5) is 11.9 Å². The highest BCUT2D eigenvalue weighted by Crippen LogP contribution is 2.28. The van der Waals surface area contributed by atoms with E-state index >= 15 is 0 Å². The molecule has 7 heteroatoms. The second-order valence-electron chi connectivity index (χ2n) is 4.34. The summed E-state index contributed by atoms with van der Waals surface area (Å²) in [5, 5.41) is 8.96. The van der Waals surface area contributed by atoms with Crippen LogP contribution in [-0.2, 0) is 0 Å². The van der Waals surface area contributed by atoms with Gasteiger partial charge in [-0.15, -0.1) is 0 Å². The molecule has 0 aromatic carbocycles. The zero-order valence-corrected chi connectivity index (χ0v) is 10.5. The van der Waals surface area contributed by atoms with Crippen LogP contribution in [0.3, 0.4) is 0 Å². The molecule has 0 spiro atoms. The average molecular weight is 253 g/mol. The lowest BCUT2D eigenvalue weighted by atomic mass is 9.91. The number of methoxy groups -OCH3 is 1. The van der Waals surface area contributed by atoms with Crippen molar-refractivity contribution in [1.82, 2.24) is 15.0 Å². The number of hydrogen-bond donors (Lipinski definition) is 2. The Kier molecular flexibility index (Phi) is 4.14. The summed E-state index contributed by atoms with van der Waals surface area (Å²) < 4.78 is 5.00. The fourth-order valence-corrected chi connectivity index (χ4v) is 1.97. The summed E-state index contributed by atoms with van der Waals surface area (Å²) in [5.41, 5.74) is 5.64. The Hall–Kier alpha value is -1.63. The topological polar surface area (TPSA) is 97.4 Å². The number of aromatic nitrogens is 3. The third-order valence-corrected chi connectivity index (χ3v) is 3.13. The highest BCUT2D eigenvalue weighted by Gasteiger charge is 2.27. The summed E-state index contributed by atoms with van der Waals surface area (Å²) in [5.74, 6) is 0.697. The van der Waals surface area contributed by atoms with E-state index in [1.807, 2.05) is 0 Å². The molecular weight excluding hydrogens is 234 g/mol. The number of anilines is 2. The van der Waals surface area contributed by atoms with Gasteiger partial charge in [-0.2, -0.15) is 15.0 Å². The lowest BCUT2D eigenvalue weighted by Crippen LogP contribution is -2.42. The van der Waals surface area contributed by atoms with Crippen molar-refractivity contribution in [3.05, 3.63) is 0 Å². The van der Waals surface area contributed by atoms with Gasteiger partial charge in [0, 0.05) is 19.2 Å². The van der Waals surface area contributed by atoms with Crippen molar-refractivity contribution in [2.45, 2.75) is 31.7 Å². The van der Waals surface area contributed by atoms with Crippen molar-refractivity contribution in [3.63, 3.8) is 0 Å². The summed E-state index contributed by atoms with van der Waals surface area (Å²) in [4.78, 5) is 14.3. The SMILES string of the molecule is COc1nc(N)nc(N(CCCO)C2CCC2)n1. The van der Waals surface area contributed by atoms with E-state index in [-0.39, 0.29) is 18.6 Å². The van der Waals surface area contributed by atoms with Crippen LogP contribution >= 0.6 is 0 Å². The first-order valence-electron chi connectivity index (χ1n) is 6.17. The maximum absolute atomic E-state index is 8.96. The van der Waals surface area contributed by atoms with E-state index in [1.165, 1.54) is 13.5 Å². The van der Waals surface area contributed by atoms with Gasteiger partial charge >= 0.3 is 6.01 Å². The molecule has 0 radical (unpaired) electrons. The van der Waals surface area contributed by atoms with Crippen molar-refractivity contribution in [2.24, 2.45) is 0 Å². The van der Waals surface area contributed by atoms with E-state index in [1.54, 1.807) is 0 Å². The normalized spacial score (nSPS) is 15.2. The van der Waals surface area contributed by atoms with E-state index in [2.05, 4.69) is 19.9 Å². The van der Waals surface area contributed by atoms with Gasteiger partial charge in [-0.3, -0.25) is 0 Å². The van der Waals surface area contributed by atoms with Gasteiger partial charge < -0.3 is 20.5 Å². The second kappa shape index (κ2) is 5.81. The molecule has 1 aromatic heterocycles. The molecule has 100 valence electrons. The molecule has 18 heavy (non-hydrogen) atoms. The van der Waals surface area contributed by atoms with Crippen LogP contribution in [0.25, 0.3) is 0 Å². The standard InChI is InChI=1S/C11H19N5O2/c1-18-11-14-9(12)13-10(15-11)16(6-3-7-17)8-4-2-5-8/h8,17H,2-7H2,1H3,(H2,12,13,14,15). The maximum atomic E-state index is 8.96. The second-order valence-corrected chi connectivity index (χ2v) is 4.34. The van der Waals surface area contributed by atoms with Crippen LogP contribution in [0.1, 0.15) is 25.7 Å². The van der Waals surface area contributed by atoms with Crippen LogP contribution in [0.2, 0.25) is 0 Å². The molecule has 0 saturated heterocycles. The molecule has 0 amide bonds. The predicted octanol–water partition coefficient (Wildman–Crippen LogP) is 0.204. The number of hydrogen-bond acceptors (Lipinski definition) is 7. The summed E-state index contributed by atoms with van der Waals surface area (Å²) >= 11 is 0. The molecule has 0 bridgehead atoms. The number of rotatable bonds is 6. The van der Waals surface area contributed by atoms with Gasteiger partial charge in [0.2, 0.25) is 11.9 Å². The zero-order valence-electron chi connectivity index (χ0n) is 10.5. The first-order chi connectivity index (χ1) is 8.74. The number of nitrogens with two attached hydrogens (primary N) is 1. The van der Waals surface area contributed by atoms with Gasteiger partial charge in [0.1, 0.15) is 0 Å². The Balaban J connectivity index is 2.19. The fourth-order valence-electron chi connectivity index (χ4n) is 1.97. The summed E-state index contributed by atoms with van der Waals surface area (Å²) in [6.45, 7) is 0.870. The first-order valence-corrected chi connectivity index (χ1v) is 6.17. The first kappa shape index (κ1) is 12.8. The third kappa shape index (κ3) is 2.79. The highest BCUT2D eigenvalue weighted by atomic mass is 16.5. The quantitative estimate of drug-likeness (QED) is 0.747. The highest BCUT2D eigenvalue weighted by molar-refractivity contribution is 5.37. The molecule has 7 nitrogen and oxygen atoms in total. The van der Waals surface area contributed by atoms with Crippen molar-refractivity contribution < 1.29 is 9.84 Å². The Morgan fingerprint density at radius 1 is 1.39 bits per heavy atom. The van der Waals surface area contributed by atoms with Crippen molar-refractivity contribution in [1.29, 1.82) is 0 Å². The van der Waals surface area contributed by atoms with Gasteiger partial charge in [0.25, 0.3) is 0 Å². The van der Waals surface area contributed by atoms with E-state index in [9.17, 15) is 0 Å². The minimum atomic E-state index is 0.154. The molecule has 1 heterocycles. The molecule has 1 aromatic rings. The predicted molar refractivity (Wildman–Crippen MR) is 67.5 cm³/mol. The minimum absolute atomic E-state index is 0.154. The van der Waals surface area contributed by atoms with Crippen LogP contribution in [0.15, 0.2) is 0 Å². The maximum Gasteiger partial charge on any atom is 0.322 e. The summed E-state index contributed by atoms with van der Waals surface area (Å²) in [6.07, 6.45) is 4.15. The zero-order chi connectivity index (χ0) is 13.0. The van der Waals surface area contributed by atoms with Crippen LogP contribution in [-0.4, -0.2) is 46.4 Å². The van der Waals surface area contributed by atoms with Crippen LogP contribution in [0, 0.1) is 0 Å². The van der Waals surface area contributed by atoms with Gasteiger partial charge in [0.15, 0.2) is 0 Å². The number of nitrogens with zero attached hydrogens (tertiary/aromatic N) is 4. The van der Waals surface area contributed by atoms with E-state index in [4.69, 9.17) is 15.6 Å². The van der Waals surface area contributed by atoms with Gasteiger partial charge in [-0.1, -0.05) is 0 Å². The fraction of sp³-hybridized carbons (Fsp3) is 0.727. The van der Waals surface area contributed by atoms with Crippen molar-refractivity contribution in [2.75, 3.05) is 30.9 Å². The molecule has 1 aliphatic carbocycles. The van der Waals surface area contributed by atoms with Crippen LogP contribution < -0.4 is 15.4 Å². The molecule has 1 saturated carbocycles. The molecule has 1 aliphatic rings.